The Hall–Kier alpha value is -17.8. The van der Waals surface area contributed by atoms with Crippen LogP contribution in [0.5, 0.6) is 0 Å². The second-order valence-corrected chi connectivity index (χ2v) is 33.4. The van der Waals surface area contributed by atoms with Gasteiger partial charge >= 0.3 is 0 Å². The van der Waals surface area contributed by atoms with Gasteiger partial charge in [-0.05, 0) is 257 Å². The van der Waals surface area contributed by atoms with Crippen LogP contribution in [0, 0.1) is 0 Å². The van der Waals surface area contributed by atoms with Crippen molar-refractivity contribution in [1.82, 2.24) is 0 Å². The van der Waals surface area contributed by atoms with Gasteiger partial charge in [0.15, 0.2) is 0 Å². The summed E-state index contributed by atoms with van der Waals surface area (Å²) in [6.07, 6.45) is 0. The Morgan fingerprint density at radius 3 is 0.852 bits per heavy atom. The highest BCUT2D eigenvalue weighted by Crippen LogP contribution is 2.54. The molecular weight excluding hydrogens is 1630 g/mol. The SMILES string of the molecule is [2H]c1c([2H])c([2H])c2c(-c3ccc4oc5ccccc5c4c3)c3c([2H])c([2H])c([2H])c([2H])c3c(-c3ccc(-c4ccccc4)c(-c4ccccc4)c3)c2c1[2H].[2H]c1c([2H])c([2H])c2c(-c3cccc4oc5ccccc5c34)c3c([2H])c([2H])c([2H])c([2H])c3c(-c3ccc(-c4cccc5ccccc45)c4ccccc34)c2c1[2H].[2H]c1c([2H])c([2H])c2c(-c3cccc4oc5ccccc5c34)c3c([2H])c([2H])c([2H])c([2H])c3c(-c3ccc(-c4ccccc4)c4ccccc34)c2c1[2H]. The van der Waals surface area contributed by atoms with Crippen molar-refractivity contribution in [3.05, 3.63) is 497 Å². The third-order valence-electron chi connectivity index (χ3n) is 26.2. The summed E-state index contributed by atoms with van der Waals surface area (Å²) in [4.78, 5) is 0. The maximum Gasteiger partial charge on any atom is 0.136 e. The lowest BCUT2D eigenvalue weighted by Gasteiger charge is -2.20. The second-order valence-electron chi connectivity index (χ2n) is 33.4. The number of fused-ring (bicyclic) bond motifs is 18. The van der Waals surface area contributed by atoms with Crippen LogP contribution in [-0.2, 0) is 0 Å². The lowest BCUT2D eigenvalue weighted by atomic mass is 9.83. The molecule has 0 fully saturated rings. The van der Waals surface area contributed by atoms with E-state index in [-0.39, 0.29) is 137 Å². The largest absolute Gasteiger partial charge is 0.456 e. The van der Waals surface area contributed by atoms with Crippen molar-refractivity contribution in [2.45, 2.75) is 0 Å². The quantitative estimate of drug-likeness (QED) is 0.128. The van der Waals surface area contributed by atoms with Crippen LogP contribution in [0.1, 0.15) is 32.9 Å². The second kappa shape index (κ2) is 32.7. The summed E-state index contributed by atoms with van der Waals surface area (Å²) in [6.45, 7) is 0. The van der Waals surface area contributed by atoms with E-state index in [2.05, 4.69) is 24.3 Å². The van der Waals surface area contributed by atoms with E-state index >= 15 is 0 Å². The smallest absolute Gasteiger partial charge is 0.136 e. The summed E-state index contributed by atoms with van der Waals surface area (Å²) < 4.78 is 238. The van der Waals surface area contributed by atoms with Gasteiger partial charge in [0.2, 0.25) is 0 Å². The third kappa shape index (κ3) is 13.1. The Kier molecular flexibility index (Phi) is 13.9. The van der Waals surface area contributed by atoms with Gasteiger partial charge in [0.25, 0.3) is 0 Å². The molecule has 0 saturated carbocycles. The van der Waals surface area contributed by atoms with Crippen LogP contribution in [0.2, 0.25) is 0 Å². The van der Waals surface area contributed by atoms with Gasteiger partial charge in [0.05, 0.1) is 32.9 Å². The molecule has 0 spiro atoms. The highest BCUT2D eigenvalue weighted by atomic mass is 16.3. The van der Waals surface area contributed by atoms with Crippen molar-refractivity contribution in [3.63, 3.8) is 0 Å². The van der Waals surface area contributed by atoms with Gasteiger partial charge in [0.1, 0.15) is 33.5 Å². The fourth-order valence-corrected chi connectivity index (χ4v) is 20.4. The highest BCUT2D eigenvalue weighted by Gasteiger charge is 2.27. The van der Waals surface area contributed by atoms with Crippen molar-refractivity contribution < 1.29 is 46.1 Å². The molecule has 0 aliphatic carbocycles. The molecule has 0 amide bonds. The van der Waals surface area contributed by atoms with Gasteiger partial charge in [-0.3, -0.25) is 0 Å². The van der Waals surface area contributed by atoms with Crippen LogP contribution < -0.4 is 0 Å². The zero-order chi connectivity index (χ0) is 110. The first-order chi connectivity index (χ1) is 77.0. The van der Waals surface area contributed by atoms with Gasteiger partial charge in [0, 0.05) is 32.3 Å². The normalized spacial score (nSPS) is 14.2. The molecular formula is C132H82O3. The van der Waals surface area contributed by atoms with Crippen molar-refractivity contribution in [1.29, 1.82) is 0 Å². The molecule has 3 heteroatoms. The zero-order valence-electron chi connectivity index (χ0n) is 95.7. The average Bonchev–Trinajstić information content (AvgIpc) is 1.45. The summed E-state index contributed by atoms with van der Waals surface area (Å²) in [5.74, 6) is 0. The molecule has 0 aliphatic rings. The number of hydrogen-bond donors (Lipinski definition) is 0. The standard InChI is InChI=1S/C46H28O.C44H28O.C42H26O/c1-2-15-30-29(13-1)14-11-23-31(30)34-27-28-39(33-17-4-3-16-32(33)34)44-35-18-5-7-20-37(35)45(38-21-8-6-19-36(38)44)41-24-12-26-43-46(41)40-22-9-10-25-42(40)47-43;1-3-13-29(14-4-1)33-25-23-31(27-39(33)30-15-5-2-6-16-30)43-35-18-7-9-20-37(35)44(38-21-10-8-19-36(38)43)32-24-26-42-40(28-32)34-17-11-12-22-41(34)45-42;1-2-13-27(14-3-1)28-25-26-35(30-16-5-4-15-29(28)30)40-31-17-6-8-19-33(31)41(34-20-9-7-18-32(34)40)37-22-12-24-39-42(37)36-21-10-11-23-38(36)43-39/h1-28H;1-28H;1-26H/i5D,6D,7D,8D,18D,19D,20D,21D;7D,8D,9D,10D,18D,19D,20D,21D;6D,7D,8D,9D,17D,18D,19D,20D. The van der Waals surface area contributed by atoms with E-state index in [1.807, 2.05) is 303 Å². The first kappa shape index (κ1) is 57.3. The highest BCUT2D eigenvalue weighted by molar-refractivity contribution is 6.31. The zero-order valence-corrected chi connectivity index (χ0v) is 71.7. The summed E-state index contributed by atoms with van der Waals surface area (Å²) in [7, 11) is 0. The molecule has 25 aromatic carbocycles. The van der Waals surface area contributed by atoms with Gasteiger partial charge in [-0.15, -0.1) is 0 Å². The van der Waals surface area contributed by atoms with Gasteiger partial charge in [-0.1, -0.05) is 448 Å². The predicted molar refractivity (Wildman–Crippen MR) is 573 cm³/mol. The van der Waals surface area contributed by atoms with Gasteiger partial charge in [-0.2, -0.15) is 0 Å². The maximum absolute atomic E-state index is 9.51. The van der Waals surface area contributed by atoms with Crippen LogP contribution in [0.3, 0.4) is 0 Å². The number of benzene rings is 25. The molecule has 0 unspecified atom stereocenters. The summed E-state index contributed by atoms with van der Waals surface area (Å²) in [5.41, 5.74) is 16.5. The summed E-state index contributed by atoms with van der Waals surface area (Å²) >= 11 is 0. The lowest BCUT2D eigenvalue weighted by molar-refractivity contribution is 0.668. The Morgan fingerprint density at radius 2 is 0.400 bits per heavy atom. The Labute approximate surface area is 812 Å². The van der Waals surface area contributed by atoms with Gasteiger partial charge < -0.3 is 13.3 Å². The molecule has 0 atom stereocenters. The van der Waals surface area contributed by atoms with Crippen LogP contribution in [0.4, 0.5) is 0 Å². The van der Waals surface area contributed by atoms with Crippen molar-refractivity contribution >= 4 is 163 Å². The number of para-hydroxylation sites is 3. The first-order valence-corrected chi connectivity index (χ1v) is 44.5. The Balaban J connectivity index is 0.000000118. The monoisotopic (exact) mass is 1740 g/mol. The molecule has 0 aliphatic heterocycles. The van der Waals surface area contributed by atoms with Crippen LogP contribution in [-0.4, -0.2) is 0 Å². The van der Waals surface area contributed by atoms with E-state index in [0.717, 1.165) is 98.4 Å². The van der Waals surface area contributed by atoms with Crippen LogP contribution >= 0.6 is 0 Å². The first-order valence-electron chi connectivity index (χ1n) is 56.5. The Bertz CT molecular complexity index is 11000. The molecule has 3 aromatic heterocycles. The molecule has 0 N–H and O–H groups in total. The third-order valence-corrected chi connectivity index (χ3v) is 26.2. The topological polar surface area (TPSA) is 39.4 Å². The van der Waals surface area contributed by atoms with E-state index in [9.17, 15) is 16.4 Å². The van der Waals surface area contributed by atoms with Crippen molar-refractivity contribution in [2.24, 2.45) is 0 Å². The fraction of sp³-hybridized carbons (Fsp3) is 0. The van der Waals surface area contributed by atoms with E-state index < -0.39 is 72.5 Å². The maximum atomic E-state index is 9.51. The number of hydrogen-bond acceptors (Lipinski definition) is 3. The van der Waals surface area contributed by atoms with Crippen molar-refractivity contribution in [3.8, 4) is 111 Å². The molecule has 0 bridgehead atoms. The van der Waals surface area contributed by atoms with E-state index in [1.165, 1.54) is 0 Å². The number of rotatable bonds is 10. The number of furan rings is 3. The minimum atomic E-state index is -0.440. The molecule has 3 nitrogen and oxygen atoms in total. The molecule has 3 heterocycles. The summed E-state index contributed by atoms with van der Waals surface area (Å²) in [6, 6.07) is 103. The summed E-state index contributed by atoms with van der Waals surface area (Å²) in [5, 5.41) is 12.1. The average molecular weight is 1740 g/mol. The molecule has 135 heavy (non-hydrogen) atoms. The van der Waals surface area contributed by atoms with E-state index in [0.29, 0.717) is 111 Å². The minimum absolute atomic E-state index is 0.165. The van der Waals surface area contributed by atoms with Crippen LogP contribution in [0.15, 0.2) is 510 Å². The molecule has 28 rings (SSSR count). The molecule has 0 radical (unpaired) electrons. The Morgan fingerprint density at radius 1 is 0.133 bits per heavy atom. The molecule has 28 aromatic rings. The van der Waals surface area contributed by atoms with Gasteiger partial charge in [-0.25, -0.2) is 0 Å². The van der Waals surface area contributed by atoms with E-state index in [1.54, 1.807) is 24.3 Å². The van der Waals surface area contributed by atoms with Crippen LogP contribution in [0.25, 0.3) is 274 Å². The van der Waals surface area contributed by atoms with Crippen molar-refractivity contribution in [2.75, 3.05) is 0 Å². The molecule has 628 valence electrons. The predicted octanol–water partition coefficient (Wildman–Crippen LogP) is 37.8. The fourth-order valence-electron chi connectivity index (χ4n) is 20.4. The molecule has 0 saturated heterocycles. The minimum Gasteiger partial charge on any atom is -0.456 e. The van der Waals surface area contributed by atoms with E-state index in [4.69, 9.17) is 29.7 Å². The lowest BCUT2D eigenvalue weighted by Crippen LogP contribution is -1.93.